The van der Waals surface area contributed by atoms with Crippen molar-refractivity contribution in [3.63, 3.8) is 0 Å². The predicted molar refractivity (Wildman–Crippen MR) is 72.9 cm³/mol. The van der Waals surface area contributed by atoms with Gasteiger partial charge in [0.1, 0.15) is 0 Å². The van der Waals surface area contributed by atoms with Crippen molar-refractivity contribution < 1.29 is 4.79 Å². The minimum Gasteiger partial charge on any atom is -0.305 e. The van der Waals surface area contributed by atoms with Crippen molar-refractivity contribution in [2.45, 2.75) is 19.4 Å². The zero-order valence-corrected chi connectivity index (χ0v) is 10.3. The molecule has 2 aromatic rings. The van der Waals surface area contributed by atoms with Crippen molar-refractivity contribution in [1.82, 2.24) is 0 Å². The second-order valence-corrected chi connectivity index (χ2v) is 4.72. The highest BCUT2D eigenvalue weighted by atomic mass is 16.2. The number of carbonyl (C=O) groups is 1. The Hall–Kier alpha value is -2.09. The van der Waals surface area contributed by atoms with Crippen molar-refractivity contribution in [1.29, 1.82) is 0 Å². The molecular weight excluding hydrogens is 222 g/mol. The molecular formula is C16H15NO. The molecule has 0 saturated heterocycles. The van der Waals surface area contributed by atoms with Crippen LogP contribution in [0.1, 0.15) is 22.8 Å². The molecule has 0 fully saturated rings. The third-order valence-corrected chi connectivity index (χ3v) is 3.45. The molecule has 0 aliphatic carbocycles. The number of nitrogens with zero attached hydrogens (tertiary/aromatic N) is 1. The Balaban J connectivity index is 2.00. The predicted octanol–water partition coefficient (Wildman–Crippen LogP) is 3.28. The van der Waals surface area contributed by atoms with E-state index < -0.39 is 0 Å². The Labute approximate surface area is 107 Å². The summed E-state index contributed by atoms with van der Waals surface area (Å²) in [6.07, 6.45) is 0.939. The molecule has 1 aliphatic rings. The van der Waals surface area contributed by atoms with E-state index in [1.165, 1.54) is 5.56 Å². The van der Waals surface area contributed by atoms with Gasteiger partial charge in [-0.15, -0.1) is 0 Å². The summed E-state index contributed by atoms with van der Waals surface area (Å²) < 4.78 is 0. The molecule has 2 aromatic carbocycles. The van der Waals surface area contributed by atoms with Crippen molar-refractivity contribution in [3.8, 4) is 0 Å². The van der Waals surface area contributed by atoms with Crippen molar-refractivity contribution >= 4 is 11.6 Å². The first-order valence-electron chi connectivity index (χ1n) is 6.24. The molecule has 1 heterocycles. The van der Waals surface area contributed by atoms with Gasteiger partial charge in [-0.1, -0.05) is 36.4 Å². The highest BCUT2D eigenvalue weighted by molar-refractivity contribution is 6.07. The highest BCUT2D eigenvalue weighted by Gasteiger charge is 2.30. The van der Waals surface area contributed by atoms with Gasteiger partial charge in [0.25, 0.3) is 5.91 Å². The average molecular weight is 237 g/mol. The average Bonchev–Trinajstić information content (AvgIpc) is 2.75. The number of para-hydroxylation sites is 1. The lowest BCUT2D eigenvalue weighted by atomic mass is 10.1. The summed E-state index contributed by atoms with van der Waals surface area (Å²) in [5, 5.41) is 0. The summed E-state index contributed by atoms with van der Waals surface area (Å²) in [6, 6.07) is 17.9. The Kier molecular flexibility index (Phi) is 2.63. The van der Waals surface area contributed by atoms with E-state index in [9.17, 15) is 4.79 Å². The topological polar surface area (TPSA) is 20.3 Å². The number of hydrogen-bond donors (Lipinski definition) is 0. The molecule has 2 nitrogen and oxygen atoms in total. The van der Waals surface area contributed by atoms with Gasteiger partial charge in [0.05, 0.1) is 0 Å². The first kappa shape index (κ1) is 11.0. The van der Waals surface area contributed by atoms with E-state index in [-0.39, 0.29) is 11.9 Å². The van der Waals surface area contributed by atoms with Gasteiger partial charge in [-0.3, -0.25) is 4.79 Å². The maximum absolute atomic E-state index is 12.5. The fourth-order valence-electron chi connectivity index (χ4n) is 2.59. The van der Waals surface area contributed by atoms with Crippen LogP contribution in [-0.4, -0.2) is 11.9 Å². The third-order valence-electron chi connectivity index (χ3n) is 3.45. The van der Waals surface area contributed by atoms with Gasteiger partial charge >= 0.3 is 0 Å². The lowest BCUT2D eigenvalue weighted by molar-refractivity contribution is 0.0981. The van der Waals surface area contributed by atoms with Crippen LogP contribution in [-0.2, 0) is 6.42 Å². The molecule has 0 saturated carbocycles. The zero-order chi connectivity index (χ0) is 12.5. The molecule has 1 aliphatic heterocycles. The standard InChI is InChI=1S/C16H15NO/c1-12-11-14-9-5-6-10-15(14)17(12)16(18)13-7-3-2-4-8-13/h2-10,12H,11H2,1H3. The molecule has 0 radical (unpaired) electrons. The largest absolute Gasteiger partial charge is 0.305 e. The summed E-state index contributed by atoms with van der Waals surface area (Å²) in [6.45, 7) is 2.10. The minimum atomic E-state index is 0.0908. The van der Waals surface area contributed by atoms with E-state index in [4.69, 9.17) is 0 Å². The van der Waals surface area contributed by atoms with Gasteiger partial charge in [0.2, 0.25) is 0 Å². The van der Waals surface area contributed by atoms with Crippen molar-refractivity contribution in [2.24, 2.45) is 0 Å². The monoisotopic (exact) mass is 237 g/mol. The van der Waals surface area contributed by atoms with Gasteiger partial charge in [-0.05, 0) is 37.1 Å². The second-order valence-electron chi connectivity index (χ2n) is 4.72. The van der Waals surface area contributed by atoms with E-state index in [1.807, 2.05) is 53.4 Å². The maximum atomic E-state index is 12.5. The van der Waals surface area contributed by atoms with Crippen molar-refractivity contribution in [2.75, 3.05) is 4.90 Å². The number of anilines is 1. The zero-order valence-electron chi connectivity index (χ0n) is 10.3. The summed E-state index contributed by atoms with van der Waals surface area (Å²) >= 11 is 0. The van der Waals surface area contributed by atoms with E-state index >= 15 is 0 Å². The van der Waals surface area contributed by atoms with E-state index in [2.05, 4.69) is 13.0 Å². The van der Waals surface area contributed by atoms with Crippen LogP contribution in [0.25, 0.3) is 0 Å². The van der Waals surface area contributed by atoms with Gasteiger partial charge < -0.3 is 4.90 Å². The fourth-order valence-corrected chi connectivity index (χ4v) is 2.59. The normalized spacial score (nSPS) is 17.6. The van der Waals surface area contributed by atoms with Gasteiger partial charge in [0.15, 0.2) is 0 Å². The lowest BCUT2D eigenvalue weighted by Crippen LogP contribution is -2.35. The number of benzene rings is 2. The quantitative estimate of drug-likeness (QED) is 0.745. The number of hydrogen-bond acceptors (Lipinski definition) is 1. The van der Waals surface area contributed by atoms with Crippen LogP contribution in [0, 0.1) is 0 Å². The number of carbonyl (C=O) groups excluding carboxylic acids is 1. The molecule has 3 rings (SSSR count). The molecule has 2 heteroatoms. The van der Waals surface area contributed by atoms with Crippen LogP contribution in [0.15, 0.2) is 54.6 Å². The van der Waals surface area contributed by atoms with Crippen LogP contribution in [0.4, 0.5) is 5.69 Å². The van der Waals surface area contributed by atoms with Crippen LogP contribution in [0.5, 0.6) is 0 Å². The molecule has 0 bridgehead atoms. The number of fused-ring (bicyclic) bond motifs is 1. The molecule has 0 N–H and O–H groups in total. The SMILES string of the molecule is CC1Cc2ccccc2N1C(=O)c1ccccc1. The van der Waals surface area contributed by atoms with Crippen LogP contribution in [0.3, 0.4) is 0 Å². The van der Waals surface area contributed by atoms with Crippen LogP contribution < -0.4 is 4.90 Å². The first-order valence-corrected chi connectivity index (χ1v) is 6.24. The van der Waals surface area contributed by atoms with Gasteiger partial charge in [-0.25, -0.2) is 0 Å². The Morgan fingerprint density at radius 3 is 2.50 bits per heavy atom. The molecule has 1 unspecified atom stereocenters. The molecule has 1 amide bonds. The second kappa shape index (κ2) is 4.30. The van der Waals surface area contributed by atoms with E-state index in [0.717, 1.165) is 17.7 Å². The molecule has 0 aromatic heterocycles. The molecule has 1 atom stereocenters. The fraction of sp³-hybridized carbons (Fsp3) is 0.188. The van der Waals surface area contributed by atoms with Crippen LogP contribution in [0.2, 0.25) is 0 Å². The van der Waals surface area contributed by atoms with Crippen molar-refractivity contribution in [3.05, 3.63) is 65.7 Å². The summed E-state index contributed by atoms with van der Waals surface area (Å²) in [4.78, 5) is 14.5. The molecule has 18 heavy (non-hydrogen) atoms. The Morgan fingerprint density at radius 1 is 1.06 bits per heavy atom. The Morgan fingerprint density at radius 2 is 1.72 bits per heavy atom. The maximum Gasteiger partial charge on any atom is 0.258 e. The van der Waals surface area contributed by atoms with Gasteiger partial charge in [0, 0.05) is 17.3 Å². The first-order chi connectivity index (χ1) is 8.77. The van der Waals surface area contributed by atoms with E-state index in [1.54, 1.807) is 0 Å². The smallest absolute Gasteiger partial charge is 0.258 e. The third kappa shape index (κ3) is 1.70. The number of rotatable bonds is 1. The Bertz CT molecular complexity index is 577. The summed E-state index contributed by atoms with van der Waals surface area (Å²) in [5.41, 5.74) is 3.06. The number of amides is 1. The minimum absolute atomic E-state index is 0.0908. The summed E-state index contributed by atoms with van der Waals surface area (Å²) in [5.74, 6) is 0.0908. The van der Waals surface area contributed by atoms with E-state index in [0.29, 0.717) is 0 Å². The van der Waals surface area contributed by atoms with Crippen LogP contribution >= 0.6 is 0 Å². The lowest BCUT2D eigenvalue weighted by Gasteiger charge is -2.22. The summed E-state index contributed by atoms with van der Waals surface area (Å²) in [7, 11) is 0. The molecule has 0 spiro atoms. The highest BCUT2D eigenvalue weighted by Crippen LogP contribution is 2.32. The van der Waals surface area contributed by atoms with Gasteiger partial charge in [-0.2, -0.15) is 0 Å². The molecule has 90 valence electrons.